The third-order valence-corrected chi connectivity index (χ3v) is 2.09. The highest BCUT2D eigenvalue weighted by molar-refractivity contribution is 4.84. The summed E-state index contributed by atoms with van der Waals surface area (Å²) in [5.41, 5.74) is 0. The van der Waals surface area contributed by atoms with Crippen LogP contribution in [0, 0.1) is 12.3 Å². The van der Waals surface area contributed by atoms with Gasteiger partial charge in [-0.3, -0.25) is 0 Å². The van der Waals surface area contributed by atoms with E-state index in [1.807, 2.05) is 0 Å². The lowest BCUT2D eigenvalue weighted by Gasteiger charge is -2.22. The Labute approximate surface area is 74.7 Å². The highest BCUT2D eigenvalue weighted by atomic mass is 16.5. The van der Waals surface area contributed by atoms with E-state index in [-0.39, 0.29) is 0 Å². The molecule has 1 rings (SSSR count). The van der Waals surface area contributed by atoms with Gasteiger partial charge in [0.05, 0.1) is 6.10 Å². The minimum atomic E-state index is 0.427. The molecule has 0 spiro atoms. The standard InChI is InChI=1S/C10H17NO/c1-2-3-7-11-9-10-6-4-5-8-12-10/h1,10-11H,3-9H2. The Morgan fingerprint density at radius 2 is 2.42 bits per heavy atom. The van der Waals surface area contributed by atoms with E-state index in [1.54, 1.807) is 0 Å². The van der Waals surface area contributed by atoms with Crippen LogP contribution < -0.4 is 5.32 Å². The van der Waals surface area contributed by atoms with Crippen LogP contribution in [-0.2, 0) is 4.74 Å². The van der Waals surface area contributed by atoms with Gasteiger partial charge in [-0.25, -0.2) is 0 Å². The molecule has 12 heavy (non-hydrogen) atoms. The molecule has 2 nitrogen and oxygen atoms in total. The maximum Gasteiger partial charge on any atom is 0.0699 e. The zero-order valence-corrected chi connectivity index (χ0v) is 7.51. The predicted molar refractivity (Wildman–Crippen MR) is 49.9 cm³/mol. The van der Waals surface area contributed by atoms with E-state index < -0.39 is 0 Å². The van der Waals surface area contributed by atoms with Crippen molar-refractivity contribution in [2.24, 2.45) is 0 Å². The molecule has 0 radical (unpaired) electrons. The fourth-order valence-corrected chi connectivity index (χ4v) is 1.39. The van der Waals surface area contributed by atoms with E-state index in [9.17, 15) is 0 Å². The lowest BCUT2D eigenvalue weighted by molar-refractivity contribution is 0.0171. The zero-order valence-electron chi connectivity index (χ0n) is 7.51. The number of ether oxygens (including phenoxy) is 1. The molecule has 1 unspecified atom stereocenters. The lowest BCUT2D eigenvalue weighted by Crippen LogP contribution is -2.32. The molecule has 1 aliphatic rings. The second-order valence-electron chi connectivity index (χ2n) is 3.15. The summed E-state index contributed by atoms with van der Waals surface area (Å²) in [5, 5.41) is 3.29. The molecule has 0 aromatic rings. The molecule has 0 bridgehead atoms. The lowest BCUT2D eigenvalue weighted by atomic mass is 10.1. The van der Waals surface area contributed by atoms with Crippen molar-refractivity contribution in [1.82, 2.24) is 5.32 Å². The fourth-order valence-electron chi connectivity index (χ4n) is 1.39. The Balaban J connectivity index is 1.95. The van der Waals surface area contributed by atoms with Crippen LogP contribution in [0.15, 0.2) is 0 Å². The summed E-state index contributed by atoms with van der Waals surface area (Å²) >= 11 is 0. The zero-order chi connectivity index (χ0) is 8.65. The number of hydrogen-bond acceptors (Lipinski definition) is 2. The molecular formula is C10H17NO. The fraction of sp³-hybridized carbons (Fsp3) is 0.800. The number of nitrogens with one attached hydrogen (secondary N) is 1. The van der Waals surface area contributed by atoms with Crippen LogP contribution >= 0.6 is 0 Å². The molecule has 0 aromatic heterocycles. The van der Waals surface area contributed by atoms with E-state index in [0.29, 0.717) is 6.10 Å². The maximum absolute atomic E-state index is 5.54. The summed E-state index contributed by atoms with van der Waals surface area (Å²) < 4.78 is 5.54. The summed E-state index contributed by atoms with van der Waals surface area (Å²) in [4.78, 5) is 0. The van der Waals surface area contributed by atoms with Gasteiger partial charge < -0.3 is 10.1 Å². The summed E-state index contributed by atoms with van der Waals surface area (Å²) in [5.74, 6) is 2.60. The molecular weight excluding hydrogens is 150 g/mol. The number of rotatable bonds is 4. The molecule has 2 heteroatoms. The monoisotopic (exact) mass is 167 g/mol. The first-order valence-electron chi connectivity index (χ1n) is 4.69. The first kappa shape index (κ1) is 9.57. The molecule has 1 atom stereocenters. The molecule has 1 saturated heterocycles. The van der Waals surface area contributed by atoms with Crippen molar-refractivity contribution in [3.8, 4) is 12.3 Å². The SMILES string of the molecule is C#CCCNCC1CCCCO1. The molecule has 68 valence electrons. The van der Waals surface area contributed by atoms with Crippen LogP contribution in [0.1, 0.15) is 25.7 Å². The van der Waals surface area contributed by atoms with Gasteiger partial charge in [0.15, 0.2) is 0 Å². The topological polar surface area (TPSA) is 21.3 Å². The van der Waals surface area contributed by atoms with Gasteiger partial charge in [0.2, 0.25) is 0 Å². The van der Waals surface area contributed by atoms with Gasteiger partial charge in [-0.05, 0) is 19.3 Å². The Hall–Kier alpha value is -0.520. The van der Waals surface area contributed by atoms with E-state index in [0.717, 1.165) is 26.1 Å². The molecule has 0 aliphatic carbocycles. The molecule has 0 aromatic carbocycles. The van der Waals surface area contributed by atoms with Gasteiger partial charge in [-0.2, -0.15) is 0 Å². The van der Waals surface area contributed by atoms with E-state index in [1.165, 1.54) is 19.3 Å². The largest absolute Gasteiger partial charge is 0.377 e. The third kappa shape index (κ3) is 3.75. The Morgan fingerprint density at radius 1 is 1.50 bits per heavy atom. The van der Waals surface area contributed by atoms with E-state index in [2.05, 4.69) is 11.2 Å². The summed E-state index contributed by atoms with van der Waals surface area (Å²) in [6.07, 6.45) is 10.1. The number of hydrogen-bond donors (Lipinski definition) is 1. The minimum absolute atomic E-state index is 0.427. The van der Waals surface area contributed by atoms with Crippen LogP contribution in [0.4, 0.5) is 0 Å². The van der Waals surface area contributed by atoms with Gasteiger partial charge in [0, 0.05) is 26.1 Å². The Kier molecular flexibility index (Phi) is 4.82. The van der Waals surface area contributed by atoms with Gasteiger partial charge in [0.25, 0.3) is 0 Å². The average molecular weight is 167 g/mol. The Morgan fingerprint density at radius 3 is 3.08 bits per heavy atom. The van der Waals surface area contributed by atoms with Gasteiger partial charge in [-0.15, -0.1) is 12.3 Å². The van der Waals surface area contributed by atoms with Crippen LogP contribution in [0.2, 0.25) is 0 Å². The summed E-state index contributed by atoms with van der Waals surface area (Å²) in [7, 11) is 0. The minimum Gasteiger partial charge on any atom is -0.377 e. The normalized spacial score (nSPS) is 23.4. The quantitative estimate of drug-likeness (QED) is 0.501. The first-order valence-corrected chi connectivity index (χ1v) is 4.69. The Bertz CT molecular complexity index is 144. The molecule has 1 N–H and O–H groups in total. The molecule has 1 fully saturated rings. The van der Waals surface area contributed by atoms with Crippen molar-refractivity contribution in [2.45, 2.75) is 31.8 Å². The van der Waals surface area contributed by atoms with Crippen LogP contribution in [0.5, 0.6) is 0 Å². The van der Waals surface area contributed by atoms with Crippen molar-refractivity contribution in [2.75, 3.05) is 19.7 Å². The first-order chi connectivity index (χ1) is 5.93. The molecule has 0 amide bonds. The van der Waals surface area contributed by atoms with Crippen molar-refractivity contribution >= 4 is 0 Å². The van der Waals surface area contributed by atoms with Crippen LogP contribution in [0.3, 0.4) is 0 Å². The van der Waals surface area contributed by atoms with Crippen molar-refractivity contribution in [3.05, 3.63) is 0 Å². The highest BCUT2D eigenvalue weighted by Crippen LogP contribution is 2.11. The third-order valence-electron chi connectivity index (χ3n) is 2.09. The second-order valence-corrected chi connectivity index (χ2v) is 3.15. The van der Waals surface area contributed by atoms with Gasteiger partial charge >= 0.3 is 0 Å². The second kappa shape index (κ2) is 6.05. The van der Waals surface area contributed by atoms with Crippen molar-refractivity contribution in [1.29, 1.82) is 0 Å². The summed E-state index contributed by atoms with van der Waals surface area (Å²) in [6.45, 7) is 2.81. The highest BCUT2D eigenvalue weighted by Gasteiger charge is 2.12. The summed E-state index contributed by atoms with van der Waals surface area (Å²) in [6, 6.07) is 0. The molecule has 0 saturated carbocycles. The average Bonchev–Trinajstić information content (AvgIpc) is 2.14. The molecule has 1 aliphatic heterocycles. The van der Waals surface area contributed by atoms with E-state index in [4.69, 9.17) is 11.2 Å². The van der Waals surface area contributed by atoms with Gasteiger partial charge in [-0.1, -0.05) is 0 Å². The van der Waals surface area contributed by atoms with E-state index >= 15 is 0 Å². The number of terminal acetylenes is 1. The van der Waals surface area contributed by atoms with Crippen LogP contribution in [-0.4, -0.2) is 25.8 Å². The van der Waals surface area contributed by atoms with Crippen molar-refractivity contribution < 1.29 is 4.74 Å². The smallest absolute Gasteiger partial charge is 0.0699 e. The van der Waals surface area contributed by atoms with Gasteiger partial charge in [0.1, 0.15) is 0 Å². The van der Waals surface area contributed by atoms with Crippen LogP contribution in [0.25, 0.3) is 0 Å². The maximum atomic E-state index is 5.54. The predicted octanol–water partition coefficient (Wildman–Crippen LogP) is 1.17. The molecule has 1 heterocycles. The van der Waals surface area contributed by atoms with Crippen molar-refractivity contribution in [3.63, 3.8) is 0 Å².